The van der Waals surface area contributed by atoms with Crippen LogP contribution in [0.4, 0.5) is 4.79 Å². The highest BCUT2D eigenvalue weighted by Crippen LogP contribution is 2.24. The van der Waals surface area contributed by atoms with E-state index in [4.69, 9.17) is 5.11 Å². The van der Waals surface area contributed by atoms with E-state index in [0.29, 0.717) is 26.1 Å². The van der Waals surface area contributed by atoms with Crippen LogP contribution in [0, 0.1) is 5.92 Å². The number of carboxylic acid groups (broad SMARTS) is 1. The van der Waals surface area contributed by atoms with Gasteiger partial charge in [0, 0.05) is 29.5 Å². The normalized spacial score (nSPS) is 18.3. The third-order valence-corrected chi connectivity index (χ3v) is 4.66. The largest absolute Gasteiger partial charge is 0.481 e. The summed E-state index contributed by atoms with van der Waals surface area (Å²) < 4.78 is 1.02. The van der Waals surface area contributed by atoms with E-state index in [1.807, 2.05) is 24.3 Å². The molecule has 1 fully saturated rings. The molecule has 0 radical (unpaired) electrons. The number of aliphatic carboxylic acids is 1. The predicted molar refractivity (Wildman–Crippen MR) is 87.9 cm³/mol. The Bertz CT molecular complexity index is 557. The summed E-state index contributed by atoms with van der Waals surface area (Å²) >= 11 is 3.41. The van der Waals surface area contributed by atoms with Crippen LogP contribution < -0.4 is 5.32 Å². The molecule has 1 aromatic rings. The molecule has 2 N–H and O–H groups in total. The maximum absolute atomic E-state index is 12.2. The van der Waals surface area contributed by atoms with E-state index < -0.39 is 11.9 Å². The molecule has 1 heterocycles. The van der Waals surface area contributed by atoms with Gasteiger partial charge in [-0.25, -0.2) is 4.79 Å². The molecule has 1 atom stereocenters. The summed E-state index contributed by atoms with van der Waals surface area (Å²) in [7, 11) is 0. The zero-order valence-electron chi connectivity index (χ0n) is 12.8. The minimum atomic E-state index is -0.828. The summed E-state index contributed by atoms with van der Waals surface area (Å²) in [6, 6.07) is 7.85. The summed E-state index contributed by atoms with van der Waals surface area (Å²) in [6.45, 7) is 5.43. The molecule has 0 saturated carbocycles. The van der Waals surface area contributed by atoms with E-state index in [2.05, 4.69) is 35.1 Å². The molecule has 22 heavy (non-hydrogen) atoms. The maximum Gasteiger partial charge on any atom is 0.317 e. The van der Waals surface area contributed by atoms with Crippen molar-refractivity contribution in [3.8, 4) is 0 Å². The van der Waals surface area contributed by atoms with Crippen molar-refractivity contribution in [2.75, 3.05) is 19.6 Å². The van der Waals surface area contributed by atoms with E-state index >= 15 is 0 Å². The Balaban J connectivity index is 1.90. The van der Waals surface area contributed by atoms with Gasteiger partial charge in [-0.3, -0.25) is 4.79 Å². The van der Waals surface area contributed by atoms with Gasteiger partial charge in [0.25, 0.3) is 0 Å². The van der Waals surface area contributed by atoms with Crippen LogP contribution in [0.1, 0.15) is 25.8 Å². The van der Waals surface area contributed by atoms with Crippen molar-refractivity contribution in [1.29, 1.82) is 0 Å². The number of carbonyl (C=O) groups excluding carboxylic acids is 1. The number of likely N-dealkylation sites (tertiary alicyclic amines) is 1. The number of hydrogen-bond acceptors (Lipinski definition) is 2. The van der Waals surface area contributed by atoms with Crippen LogP contribution in [0.15, 0.2) is 28.7 Å². The molecule has 0 bridgehead atoms. The average Bonchev–Trinajstić information content (AvgIpc) is 2.95. The van der Waals surface area contributed by atoms with Gasteiger partial charge < -0.3 is 15.3 Å². The monoisotopic (exact) mass is 368 g/mol. The molecule has 1 aliphatic rings. The van der Waals surface area contributed by atoms with Crippen molar-refractivity contribution < 1.29 is 14.7 Å². The molecule has 6 heteroatoms. The number of urea groups is 1. The molecule has 120 valence electrons. The quantitative estimate of drug-likeness (QED) is 0.858. The highest BCUT2D eigenvalue weighted by Gasteiger charge is 2.31. The first kappa shape index (κ1) is 16.8. The van der Waals surface area contributed by atoms with Crippen LogP contribution in [0.5, 0.6) is 0 Å². The summed E-state index contributed by atoms with van der Waals surface area (Å²) in [5, 5.41) is 11.9. The zero-order chi connectivity index (χ0) is 16.3. The first-order chi connectivity index (χ1) is 10.3. The number of halogens is 1. The second-order valence-electron chi connectivity index (χ2n) is 6.32. The topological polar surface area (TPSA) is 69.6 Å². The molecule has 0 aromatic heterocycles. The third kappa shape index (κ3) is 4.00. The van der Waals surface area contributed by atoms with Crippen LogP contribution in [-0.2, 0) is 10.2 Å². The molecule has 2 amide bonds. The van der Waals surface area contributed by atoms with Gasteiger partial charge in [-0.15, -0.1) is 0 Å². The van der Waals surface area contributed by atoms with Crippen LogP contribution in [-0.4, -0.2) is 41.6 Å². The Morgan fingerprint density at radius 3 is 2.55 bits per heavy atom. The van der Waals surface area contributed by atoms with Gasteiger partial charge in [0.15, 0.2) is 0 Å². The number of nitrogens with one attached hydrogen (secondary N) is 1. The number of amides is 2. The van der Waals surface area contributed by atoms with Crippen molar-refractivity contribution in [2.24, 2.45) is 5.92 Å². The van der Waals surface area contributed by atoms with E-state index in [9.17, 15) is 9.59 Å². The first-order valence-electron chi connectivity index (χ1n) is 7.31. The Labute approximate surface area is 138 Å². The fraction of sp³-hybridized carbons (Fsp3) is 0.500. The van der Waals surface area contributed by atoms with Gasteiger partial charge in [-0.2, -0.15) is 0 Å². The van der Waals surface area contributed by atoms with E-state index in [0.717, 1.165) is 10.0 Å². The maximum atomic E-state index is 12.2. The lowest BCUT2D eigenvalue weighted by Crippen LogP contribution is -2.44. The van der Waals surface area contributed by atoms with Crippen molar-refractivity contribution in [3.05, 3.63) is 34.3 Å². The van der Waals surface area contributed by atoms with Crippen LogP contribution in [0.25, 0.3) is 0 Å². The Hall–Kier alpha value is -1.56. The van der Waals surface area contributed by atoms with Gasteiger partial charge >= 0.3 is 12.0 Å². The lowest BCUT2D eigenvalue weighted by atomic mass is 9.85. The van der Waals surface area contributed by atoms with Gasteiger partial charge in [0.2, 0.25) is 0 Å². The fourth-order valence-corrected chi connectivity index (χ4v) is 2.82. The van der Waals surface area contributed by atoms with Crippen LogP contribution >= 0.6 is 15.9 Å². The number of carbonyl (C=O) groups is 2. The Morgan fingerprint density at radius 1 is 1.36 bits per heavy atom. The first-order valence-corrected chi connectivity index (χ1v) is 8.10. The van der Waals surface area contributed by atoms with Gasteiger partial charge in [-0.05, 0) is 24.1 Å². The lowest BCUT2D eigenvalue weighted by molar-refractivity contribution is -0.141. The summed E-state index contributed by atoms with van der Waals surface area (Å²) in [5.74, 6) is -1.27. The molecular formula is C16H21BrN2O3. The number of hydrogen-bond donors (Lipinski definition) is 2. The number of nitrogens with zero attached hydrogens (tertiary/aromatic N) is 1. The fourth-order valence-electron chi connectivity index (χ4n) is 2.56. The molecule has 1 aliphatic heterocycles. The predicted octanol–water partition coefficient (Wildman–Crippen LogP) is 2.84. The summed E-state index contributed by atoms with van der Waals surface area (Å²) in [5.41, 5.74) is 0.947. The van der Waals surface area contributed by atoms with Crippen molar-refractivity contribution in [1.82, 2.24) is 10.2 Å². The van der Waals surface area contributed by atoms with E-state index in [1.54, 1.807) is 4.90 Å². The molecular weight excluding hydrogens is 348 g/mol. The second-order valence-corrected chi connectivity index (χ2v) is 7.24. The minimum absolute atomic E-state index is 0.186. The molecule has 2 rings (SSSR count). The van der Waals surface area contributed by atoms with E-state index in [-0.39, 0.29) is 11.4 Å². The van der Waals surface area contributed by atoms with Crippen molar-refractivity contribution in [2.45, 2.75) is 25.7 Å². The standard InChI is InChI=1S/C16H21BrN2O3/c1-16(2,12-3-5-13(17)6-4-12)10-18-15(22)19-8-7-11(9-19)14(20)21/h3-6,11H,7-10H2,1-2H3,(H,18,22)(H,20,21). The van der Waals surface area contributed by atoms with Gasteiger partial charge in [0.05, 0.1) is 5.92 Å². The molecule has 5 nitrogen and oxygen atoms in total. The average molecular weight is 369 g/mol. The molecule has 1 unspecified atom stereocenters. The van der Waals surface area contributed by atoms with Crippen LogP contribution in [0.3, 0.4) is 0 Å². The lowest BCUT2D eigenvalue weighted by Gasteiger charge is -2.27. The summed E-state index contributed by atoms with van der Waals surface area (Å²) in [4.78, 5) is 24.7. The number of carboxylic acids is 1. The van der Waals surface area contributed by atoms with E-state index in [1.165, 1.54) is 0 Å². The highest BCUT2D eigenvalue weighted by molar-refractivity contribution is 9.10. The van der Waals surface area contributed by atoms with Gasteiger partial charge in [0.1, 0.15) is 0 Å². The minimum Gasteiger partial charge on any atom is -0.481 e. The Morgan fingerprint density at radius 2 is 2.00 bits per heavy atom. The molecule has 1 aromatic carbocycles. The molecule has 0 aliphatic carbocycles. The zero-order valence-corrected chi connectivity index (χ0v) is 14.4. The smallest absolute Gasteiger partial charge is 0.317 e. The summed E-state index contributed by atoms with van der Waals surface area (Å²) in [6.07, 6.45) is 0.527. The van der Waals surface area contributed by atoms with Crippen LogP contribution in [0.2, 0.25) is 0 Å². The molecule has 0 spiro atoms. The number of rotatable bonds is 4. The highest BCUT2D eigenvalue weighted by atomic mass is 79.9. The SMILES string of the molecule is CC(C)(CNC(=O)N1CCC(C(=O)O)C1)c1ccc(Br)cc1. The van der Waals surface area contributed by atoms with Gasteiger partial charge in [-0.1, -0.05) is 41.9 Å². The second kappa shape index (κ2) is 6.69. The molecule has 1 saturated heterocycles. The Kier molecular flexibility index (Phi) is 5.11. The van der Waals surface area contributed by atoms with Crippen molar-refractivity contribution >= 4 is 27.9 Å². The number of benzene rings is 1. The third-order valence-electron chi connectivity index (χ3n) is 4.13. The van der Waals surface area contributed by atoms with Crippen molar-refractivity contribution in [3.63, 3.8) is 0 Å².